The smallest absolute Gasteiger partial charge is 0.252 e. The molecule has 3 heterocycles. The minimum atomic E-state index is -0.776. The lowest BCUT2D eigenvalue weighted by atomic mass is 10.2. The van der Waals surface area contributed by atoms with Gasteiger partial charge in [0.05, 0.1) is 19.6 Å². The van der Waals surface area contributed by atoms with Crippen molar-refractivity contribution in [1.29, 1.82) is 0 Å². The summed E-state index contributed by atoms with van der Waals surface area (Å²) in [5.74, 6) is 1.28. The summed E-state index contributed by atoms with van der Waals surface area (Å²) in [5, 5.41) is 9.68. The SMILES string of the molecule is COCCOCc1nc2n(n1)C(CC(=O)Nc1ccc3c(c1)OCCO3)C(=O)N2. The highest BCUT2D eigenvalue weighted by molar-refractivity contribution is 6.01. The van der Waals surface area contributed by atoms with Crippen LogP contribution in [0.15, 0.2) is 18.2 Å². The molecular weight excluding hydrogens is 382 g/mol. The van der Waals surface area contributed by atoms with E-state index >= 15 is 0 Å². The fraction of sp³-hybridized carbons (Fsp3) is 0.444. The summed E-state index contributed by atoms with van der Waals surface area (Å²) in [6, 6.07) is 4.37. The number of carbonyl (C=O) groups excluding carboxylic acids is 2. The Labute approximate surface area is 166 Å². The molecule has 2 aliphatic heterocycles. The van der Waals surface area contributed by atoms with Crippen LogP contribution in [-0.2, 0) is 25.7 Å². The number of nitrogens with zero attached hydrogens (tertiary/aromatic N) is 3. The van der Waals surface area contributed by atoms with Crippen molar-refractivity contribution in [2.75, 3.05) is 44.2 Å². The molecule has 0 saturated heterocycles. The first-order valence-electron chi connectivity index (χ1n) is 9.16. The van der Waals surface area contributed by atoms with Crippen LogP contribution in [0.4, 0.5) is 11.6 Å². The van der Waals surface area contributed by atoms with Crippen LogP contribution in [-0.4, -0.2) is 60.1 Å². The first-order valence-corrected chi connectivity index (χ1v) is 9.16. The Balaban J connectivity index is 1.37. The third-order valence-electron chi connectivity index (χ3n) is 4.38. The summed E-state index contributed by atoms with van der Waals surface area (Å²) >= 11 is 0. The van der Waals surface area contributed by atoms with Gasteiger partial charge >= 0.3 is 0 Å². The number of ether oxygens (including phenoxy) is 4. The minimum absolute atomic E-state index is 0.0827. The van der Waals surface area contributed by atoms with Crippen LogP contribution in [0, 0.1) is 0 Å². The van der Waals surface area contributed by atoms with Gasteiger partial charge < -0.3 is 24.3 Å². The van der Waals surface area contributed by atoms with E-state index in [0.29, 0.717) is 55.4 Å². The number of fused-ring (bicyclic) bond motifs is 2. The van der Waals surface area contributed by atoms with E-state index in [1.54, 1.807) is 25.3 Å². The molecule has 0 aliphatic carbocycles. The van der Waals surface area contributed by atoms with E-state index in [4.69, 9.17) is 18.9 Å². The molecule has 0 saturated carbocycles. The molecule has 0 spiro atoms. The van der Waals surface area contributed by atoms with Crippen LogP contribution in [0.2, 0.25) is 0 Å². The third kappa shape index (κ3) is 4.30. The summed E-state index contributed by atoms with van der Waals surface area (Å²) in [4.78, 5) is 28.9. The van der Waals surface area contributed by atoms with E-state index in [2.05, 4.69) is 20.7 Å². The zero-order valence-corrected chi connectivity index (χ0v) is 15.8. The molecule has 154 valence electrons. The Morgan fingerprint density at radius 1 is 1.31 bits per heavy atom. The molecule has 2 aromatic rings. The highest BCUT2D eigenvalue weighted by Crippen LogP contribution is 2.33. The van der Waals surface area contributed by atoms with E-state index in [1.165, 1.54) is 4.68 Å². The standard InChI is InChI=1S/C18H21N5O6/c1-26-4-5-27-10-15-20-18-21-17(25)12(23(18)22-15)9-16(24)19-11-2-3-13-14(8-11)29-7-6-28-13/h2-3,8,12H,4-7,9-10H2,1H3,(H,19,24)(H,20,21,22,25). The van der Waals surface area contributed by atoms with Crippen molar-refractivity contribution in [3.63, 3.8) is 0 Å². The van der Waals surface area contributed by atoms with Gasteiger partial charge in [0.25, 0.3) is 5.91 Å². The summed E-state index contributed by atoms with van der Waals surface area (Å²) < 4.78 is 22.7. The van der Waals surface area contributed by atoms with Gasteiger partial charge in [-0.15, -0.1) is 0 Å². The molecule has 0 fully saturated rings. The number of hydrogen-bond donors (Lipinski definition) is 2. The summed E-state index contributed by atoms with van der Waals surface area (Å²) in [7, 11) is 1.59. The molecule has 11 nitrogen and oxygen atoms in total. The summed E-state index contributed by atoms with van der Waals surface area (Å²) in [6.45, 7) is 2.02. The van der Waals surface area contributed by atoms with Gasteiger partial charge in [-0.25, -0.2) is 4.68 Å². The van der Waals surface area contributed by atoms with Gasteiger partial charge in [0.2, 0.25) is 11.9 Å². The number of nitrogens with one attached hydrogen (secondary N) is 2. The molecule has 1 aromatic heterocycles. The zero-order valence-electron chi connectivity index (χ0n) is 15.8. The van der Waals surface area contributed by atoms with E-state index in [0.717, 1.165) is 0 Å². The molecule has 11 heteroatoms. The van der Waals surface area contributed by atoms with Gasteiger partial charge in [0.1, 0.15) is 25.9 Å². The maximum Gasteiger partial charge on any atom is 0.252 e. The summed E-state index contributed by atoms with van der Waals surface area (Å²) in [6.07, 6.45) is -0.0827. The quantitative estimate of drug-likeness (QED) is 0.618. The number of benzene rings is 1. The molecule has 1 atom stereocenters. The van der Waals surface area contributed by atoms with Crippen molar-refractivity contribution in [3.05, 3.63) is 24.0 Å². The Bertz CT molecular complexity index is 914. The molecule has 4 rings (SSSR count). The Morgan fingerprint density at radius 2 is 2.14 bits per heavy atom. The van der Waals surface area contributed by atoms with Crippen molar-refractivity contribution in [2.24, 2.45) is 0 Å². The van der Waals surface area contributed by atoms with Gasteiger partial charge in [0, 0.05) is 18.9 Å². The average Bonchev–Trinajstić information content (AvgIpc) is 3.23. The fourth-order valence-corrected chi connectivity index (χ4v) is 3.03. The van der Waals surface area contributed by atoms with Crippen LogP contribution in [0.1, 0.15) is 18.3 Å². The molecule has 2 N–H and O–H groups in total. The maximum atomic E-state index is 12.5. The second-order valence-corrected chi connectivity index (χ2v) is 6.46. The molecule has 1 unspecified atom stereocenters. The second kappa shape index (κ2) is 8.45. The second-order valence-electron chi connectivity index (χ2n) is 6.46. The topological polar surface area (TPSA) is 126 Å². The number of amides is 2. The molecule has 0 bridgehead atoms. The van der Waals surface area contributed by atoms with Crippen LogP contribution in [0.5, 0.6) is 11.5 Å². The van der Waals surface area contributed by atoms with Gasteiger partial charge in [-0.3, -0.25) is 14.9 Å². The molecular formula is C18H21N5O6. The lowest BCUT2D eigenvalue weighted by Crippen LogP contribution is -2.24. The van der Waals surface area contributed by atoms with Gasteiger partial charge in [-0.05, 0) is 12.1 Å². The van der Waals surface area contributed by atoms with Crippen molar-refractivity contribution >= 4 is 23.5 Å². The van der Waals surface area contributed by atoms with E-state index in [-0.39, 0.29) is 24.8 Å². The Kier molecular flexibility index (Phi) is 5.58. The third-order valence-corrected chi connectivity index (χ3v) is 4.38. The molecule has 2 amide bonds. The fourth-order valence-electron chi connectivity index (χ4n) is 3.03. The maximum absolute atomic E-state index is 12.5. The van der Waals surface area contributed by atoms with Crippen molar-refractivity contribution in [2.45, 2.75) is 19.1 Å². The monoisotopic (exact) mass is 403 g/mol. The number of anilines is 2. The minimum Gasteiger partial charge on any atom is -0.486 e. The normalized spacial score (nSPS) is 17.0. The van der Waals surface area contributed by atoms with Gasteiger partial charge in [-0.1, -0.05) is 0 Å². The first-order chi connectivity index (χ1) is 14.1. The van der Waals surface area contributed by atoms with Crippen molar-refractivity contribution in [1.82, 2.24) is 14.8 Å². The largest absolute Gasteiger partial charge is 0.486 e. The lowest BCUT2D eigenvalue weighted by molar-refractivity contribution is -0.123. The number of methoxy groups -OCH3 is 1. The van der Waals surface area contributed by atoms with Gasteiger partial charge in [0.15, 0.2) is 17.3 Å². The number of hydrogen-bond acceptors (Lipinski definition) is 8. The van der Waals surface area contributed by atoms with E-state index < -0.39 is 6.04 Å². The highest BCUT2D eigenvalue weighted by Gasteiger charge is 2.35. The molecule has 1 aromatic carbocycles. The van der Waals surface area contributed by atoms with Crippen LogP contribution in [0.3, 0.4) is 0 Å². The molecule has 2 aliphatic rings. The number of rotatable bonds is 8. The van der Waals surface area contributed by atoms with E-state index in [9.17, 15) is 9.59 Å². The van der Waals surface area contributed by atoms with E-state index in [1.807, 2.05) is 0 Å². The van der Waals surface area contributed by atoms with Crippen molar-refractivity contribution in [3.8, 4) is 11.5 Å². The van der Waals surface area contributed by atoms with Gasteiger partial charge in [-0.2, -0.15) is 10.1 Å². The zero-order chi connectivity index (χ0) is 20.2. The first kappa shape index (κ1) is 19.2. The number of carbonyl (C=O) groups is 2. The predicted octanol–water partition coefficient (Wildman–Crippen LogP) is 0.734. The highest BCUT2D eigenvalue weighted by atomic mass is 16.6. The molecule has 29 heavy (non-hydrogen) atoms. The Hall–Kier alpha value is -3.18. The van der Waals surface area contributed by atoms with Crippen LogP contribution in [0.25, 0.3) is 0 Å². The lowest BCUT2D eigenvalue weighted by Gasteiger charge is -2.19. The summed E-state index contributed by atoms with van der Waals surface area (Å²) in [5.41, 5.74) is 0.559. The molecule has 0 radical (unpaired) electrons. The van der Waals surface area contributed by atoms with Crippen LogP contribution < -0.4 is 20.1 Å². The predicted molar refractivity (Wildman–Crippen MR) is 99.9 cm³/mol. The average molecular weight is 403 g/mol. The van der Waals surface area contributed by atoms with Crippen LogP contribution >= 0.6 is 0 Å². The number of aromatic nitrogens is 3. The van der Waals surface area contributed by atoms with Crippen molar-refractivity contribution < 1.29 is 28.5 Å². The Morgan fingerprint density at radius 3 is 2.97 bits per heavy atom.